The highest BCUT2D eigenvalue weighted by molar-refractivity contribution is 7.98. The van der Waals surface area contributed by atoms with Crippen LogP contribution in [0.15, 0.2) is 59.9 Å². The molecular formula is C23H20F3N3O3S. The Kier molecular flexibility index (Phi) is 6.64. The minimum Gasteiger partial charge on any atom is -0.492 e. The molecule has 4 aromatic rings. The number of benzene rings is 2. The largest absolute Gasteiger partial charge is 0.573 e. The highest BCUT2D eigenvalue weighted by Crippen LogP contribution is 2.35. The number of fused-ring (bicyclic) bond motifs is 1. The number of imidazole rings is 1. The predicted molar refractivity (Wildman–Crippen MR) is 119 cm³/mol. The van der Waals surface area contributed by atoms with Gasteiger partial charge < -0.3 is 19.2 Å². The molecule has 2 aromatic heterocycles. The number of H-pyrrole nitrogens is 1. The Balaban J connectivity index is 1.46. The highest BCUT2D eigenvalue weighted by Gasteiger charge is 2.31. The van der Waals surface area contributed by atoms with Crippen LogP contribution in [0.5, 0.6) is 17.2 Å². The average Bonchev–Trinajstić information content (AvgIpc) is 3.18. The number of aromatic amines is 1. The molecule has 0 fully saturated rings. The van der Waals surface area contributed by atoms with Crippen LogP contribution in [0.3, 0.4) is 0 Å². The predicted octanol–water partition coefficient (Wildman–Crippen LogP) is 6.04. The van der Waals surface area contributed by atoms with E-state index in [1.54, 1.807) is 13.3 Å². The van der Waals surface area contributed by atoms with E-state index in [0.29, 0.717) is 40.0 Å². The molecule has 1 N–H and O–H groups in total. The van der Waals surface area contributed by atoms with Crippen LogP contribution in [0.4, 0.5) is 13.2 Å². The number of ether oxygens (including phenoxy) is 3. The summed E-state index contributed by atoms with van der Waals surface area (Å²) in [5, 5.41) is 0.554. The monoisotopic (exact) mass is 475 g/mol. The number of methoxy groups -OCH3 is 1. The maximum absolute atomic E-state index is 12.4. The Bertz CT molecular complexity index is 1250. The fourth-order valence-corrected chi connectivity index (χ4v) is 4.12. The van der Waals surface area contributed by atoms with E-state index in [-0.39, 0.29) is 5.75 Å². The second kappa shape index (κ2) is 9.62. The summed E-state index contributed by atoms with van der Waals surface area (Å²) >= 11 is 1.38. The van der Waals surface area contributed by atoms with Crippen molar-refractivity contribution >= 4 is 22.8 Å². The molecule has 0 unspecified atom stereocenters. The van der Waals surface area contributed by atoms with Crippen molar-refractivity contribution in [3.63, 3.8) is 0 Å². The lowest BCUT2D eigenvalue weighted by Gasteiger charge is -2.15. The normalized spacial score (nSPS) is 11.5. The molecule has 0 aliphatic rings. The van der Waals surface area contributed by atoms with Crippen LogP contribution in [0, 0.1) is 6.92 Å². The Morgan fingerprint density at radius 1 is 1.09 bits per heavy atom. The van der Waals surface area contributed by atoms with Gasteiger partial charge in [-0.3, -0.25) is 4.98 Å². The zero-order valence-corrected chi connectivity index (χ0v) is 18.6. The third kappa shape index (κ3) is 5.70. The van der Waals surface area contributed by atoms with Crippen molar-refractivity contribution in [2.45, 2.75) is 30.8 Å². The fourth-order valence-electron chi connectivity index (χ4n) is 3.21. The van der Waals surface area contributed by atoms with Gasteiger partial charge in [-0.15, -0.1) is 13.2 Å². The van der Waals surface area contributed by atoms with Crippen LogP contribution in [0.1, 0.15) is 16.8 Å². The van der Waals surface area contributed by atoms with Gasteiger partial charge in [-0.1, -0.05) is 42.1 Å². The maximum atomic E-state index is 12.4. The number of hydrogen-bond donors (Lipinski definition) is 1. The van der Waals surface area contributed by atoms with E-state index in [0.717, 1.165) is 16.8 Å². The number of alkyl halides is 3. The average molecular weight is 475 g/mol. The zero-order valence-electron chi connectivity index (χ0n) is 17.8. The number of halogens is 3. The van der Waals surface area contributed by atoms with E-state index in [1.165, 1.54) is 30.0 Å². The number of nitrogens with zero attached hydrogens (tertiary/aromatic N) is 2. The summed E-state index contributed by atoms with van der Waals surface area (Å²) in [7, 11) is 1.58. The molecule has 2 aromatic carbocycles. The van der Waals surface area contributed by atoms with Crippen molar-refractivity contribution in [1.29, 1.82) is 0 Å². The van der Waals surface area contributed by atoms with Gasteiger partial charge in [0.15, 0.2) is 16.7 Å². The third-order valence-corrected chi connectivity index (χ3v) is 5.67. The molecule has 0 radical (unpaired) electrons. The minimum atomic E-state index is -4.75. The van der Waals surface area contributed by atoms with Crippen molar-refractivity contribution in [2.24, 2.45) is 0 Å². The molecule has 2 heterocycles. The topological polar surface area (TPSA) is 69.3 Å². The first-order valence-electron chi connectivity index (χ1n) is 9.90. The molecule has 33 heavy (non-hydrogen) atoms. The van der Waals surface area contributed by atoms with Crippen molar-refractivity contribution in [3.8, 4) is 17.2 Å². The molecule has 0 saturated heterocycles. The fraction of sp³-hybridized carbons (Fsp3) is 0.217. The molecule has 10 heteroatoms. The van der Waals surface area contributed by atoms with Crippen molar-refractivity contribution in [2.75, 3.05) is 7.11 Å². The minimum absolute atomic E-state index is 0.302. The molecule has 0 amide bonds. The molecule has 6 nitrogen and oxygen atoms in total. The Labute approximate surface area is 192 Å². The van der Waals surface area contributed by atoms with E-state index >= 15 is 0 Å². The second-order valence-corrected chi connectivity index (χ2v) is 8.02. The van der Waals surface area contributed by atoms with Gasteiger partial charge in [0.1, 0.15) is 12.4 Å². The van der Waals surface area contributed by atoms with Gasteiger partial charge in [0.25, 0.3) is 0 Å². The highest BCUT2D eigenvalue weighted by atomic mass is 32.2. The Hall–Kier alpha value is -3.40. The summed E-state index contributed by atoms with van der Waals surface area (Å²) in [4.78, 5) is 11.9. The molecule has 4 rings (SSSR count). The van der Waals surface area contributed by atoms with Crippen molar-refractivity contribution in [1.82, 2.24) is 15.0 Å². The van der Waals surface area contributed by atoms with Gasteiger partial charge in [-0.2, -0.15) is 0 Å². The van der Waals surface area contributed by atoms with Crippen LogP contribution in [-0.4, -0.2) is 28.4 Å². The smallest absolute Gasteiger partial charge is 0.492 e. The Morgan fingerprint density at radius 3 is 2.61 bits per heavy atom. The first-order valence-corrected chi connectivity index (χ1v) is 10.9. The van der Waals surface area contributed by atoms with Gasteiger partial charge in [0.05, 0.1) is 30.0 Å². The molecule has 172 valence electrons. The van der Waals surface area contributed by atoms with Crippen LogP contribution in [-0.2, 0) is 12.4 Å². The summed E-state index contributed by atoms with van der Waals surface area (Å²) in [6, 6.07) is 13.8. The second-order valence-electron chi connectivity index (χ2n) is 7.06. The van der Waals surface area contributed by atoms with E-state index in [1.807, 2.05) is 37.3 Å². The number of hydrogen-bond acceptors (Lipinski definition) is 6. The standard InChI is InChI=1S/C23H20F3N3O3S/c1-14-19(27-11-20(21(14)30-2)31-12-15-6-4-3-5-7-15)13-33-22-28-17-9-8-16(10-18(17)29-22)32-23(24,25)26/h3-11H,12-13H2,1-2H3,(H,28,29). The quantitative estimate of drug-likeness (QED) is 0.313. The third-order valence-electron chi connectivity index (χ3n) is 4.79. The van der Waals surface area contributed by atoms with Gasteiger partial charge >= 0.3 is 6.36 Å². The van der Waals surface area contributed by atoms with E-state index in [4.69, 9.17) is 9.47 Å². The van der Waals surface area contributed by atoms with Gasteiger partial charge in [-0.25, -0.2) is 4.98 Å². The lowest BCUT2D eigenvalue weighted by atomic mass is 10.2. The molecule has 0 aliphatic carbocycles. The van der Waals surface area contributed by atoms with Gasteiger partial charge in [-0.05, 0) is 24.6 Å². The van der Waals surface area contributed by atoms with E-state index in [2.05, 4.69) is 19.7 Å². The first kappa shape index (κ1) is 22.8. The molecule has 0 aliphatic heterocycles. The van der Waals surface area contributed by atoms with Crippen LogP contribution < -0.4 is 14.2 Å². The number of nitrogens with one attached hydrogen (secondary N) is 1. The van der Waals surface area contributed by atoms with E-state index < -0.39 is 6.36 Å². The van der Waals surface area contributed by atoms with Gasteiger partial charge in [0.2, 0.25) is 0 Å². The number of thioether (sulfide) groups is 1. The summed E-state index contributed by atoms with van der Waals surface area (Å²) in [6.07, 6.45) is -3.12. The van der Waals surface area contributed by atoms with Crippen LogP contribution in [0.25, 0.3) is 11.0 Å². The number of pyridine rings is 1. The molecule has 0 saturated carbocycles. The summed E-state index contributed by atoms with van der Waals surface area (Å²) in [5.74, 6) is 1.33. The summed E-state index contributed by atoms with van der Waals surface area (Å²) in [5.41, 5.74) is 3.65. The maximum Gasteiger partial charge on any atom is 0.573 e. The van der Waals surface area contributed by atoms with Crippen LogP contribution in [0.2, 0.25) is 0 Å². The summed E-state index contributed by atoms with van der Waals surface area (Å²) < 4.78 is 52.7. The lowest BCUT2D eigenvalue weighted by Crippen LogP contribution is -2.16. The number of rotatable bonds is 8. The molecular weight excluding hydrogens is 455 g/mol. The van der Waals surface area contributed by atoms with Crippen molar-refractivity contribution < 1.29 is 27.4 Å². The zero-order chi connectivity index (χ0) is 23.4. The number of aromatic nitrogens is 3. The SMILES string of the molecule is COc1c(OCc2ccccc2)cnc(CSc2nc3ccc(OC(F)(F)F)cc3[nH]2)c1C. The molecule has 0 atom stereocenters. The molecule has 0 spiro atoms. The molecule has 0 bridgehead atoms. The van der Waals surface area contributed by atoms with Crippen molar-refractivity contribution in [3.05, 3.63) is 71.5 Å². The first-order chi connectivity index (χ1) is 15.8. The summed E-state index contributed by atoms with van der Waals surface area (Å²) in [6.45, 7) is 2.29. The van der Waals surface area contributed by atoms with Crippen LogP contribution >= 0.6 is 11.8 Å². The van der Waals surface area contributed by atoms with E-state index in [9.17, 15) is 13.2 Å². The van der Waals surface area contributed by atoms with Gasteiger partial charge in [0, 0.05) is 17.4 Å². The Morgan fingerprint density at radius 2 is 1.88 bits per heavy atom. The lowest BCUT2D eigenvalue weighted by molar-refractivity contribution is -0.274.